The SMILES string of the molecule is Cc1ccc(-c2nc(CC(=O)O)c(Br)s2)c(C)c1. The molecule has 0 bridgehead atoms. The molecule has 0 atom stereocenters. The number of hydrogen-bond donors (Lipinski definition) is 1. The van der Waals surface area contributed by atoms with Gasteiger partial charge in [0.25, 0.3) is 0 Å². The highest BCUT2D eigenvalue weighted by Gasteiger charge is 2.14. The van der Waals surface area contributed by atoms with Crippen molar-refractivity contribution in [1.82, 2.24) is 4.98 Å². The maximum absolute atomic E-state index is 10.7. The van der Waals surface area contributed by atoms with Gasteiger partial charge in [0.15, 0.2) is 0 Å². The maximum atomic E-state index is 10.7. The van der Waals surface area contributed by atoms with Gasteiger partial charge in [-0.15, -0.1) is 11.3 Å². The second kappa shape index (κ2) is 5.20. The van der Waals surface area contributed by atoms with E-state index >= 15 is 0 Å². The van der Waals surface area contributed by atoms with E-state index in [-0.39, 0.29) is 6.42 Å². The van der Waals surface area contributed by atoms with Gasteiger partial charge < -0.3 is 5.11 Å². The molecule has 1 aromatic heterocycles. The monoisotopic (exact) mass is 325 g/mol. The Bertz CT molecular complexity index is 607. The third-order valence-corrected chi connectivity index (χ3v) is 4.44. The molecule has 0 radical (unpaired) electrons. The summed E-state index contributed by atoms with van der Waals surface area (Å²) < 4.78 is 0.792. The van der Waals surface area contributed by atoms with Gasteiger partial charge in [-0.1, -0.05) is 23.8 Å². The average Bonchev–Trinajstić information content (AvgIpc) is 2.59. The lowest BCUT2D eigenvalue weighted by Crippen LogP contribution is -2.00. The van der Waals surface area contributed by atoms with Gasteiger partial charge in [0, 0.05) is 5.56 Å². The molecule has 0 unspecified atom stereocenters. The Balaban J connectivity index is 2.42. The summed E-state index contributed by atoms with van der Waals surface area (Å²) >= 11 is 4.85. The zero-order chi connectivity index (χ0) is 13.3. The summed E-state index contributed by atoms with van der Waals surface area (Å²) in [5.74, 6) is -0.867. The lowest BCUT2D eigenvalue weighted by atomic mass is 10.1. The van der Waals surface area contributed by atoms with Gasteiger partial charge in [0.05, 0.1) is 15.9 Å². The Hall–Kier alpha value is -1.20. The first-order valence-electron chi connectivity index (χ1n) is 5.42. The molecule has 0 amide bonds. The van der Waals surface area contributed by atoms with E-state index in [1.807, 2.05) is 26.0 Å². The molecule has 1 N–H and O–H groups in total. The van der Waals surface area contributed by atoms with Crippen LogP contribution < -0.4 is 0 Å². The number of rotatable bonds is 3. The van der Waals surface area contributed by atoms with Gasteiger partial charge in [-0.2, -0.15) is 0 Å². The molecule has 94 valence electrons. The number of aliphatic carboxylic acids is 1. The Kier molecular flexibility index (Phi) is 3.82. The molecule has 2 aromatic rings. The molecular formula is C13H12BrNO2S. The van der Waals surface area contributed by atoms with E-state index in [9.17, 15) is 4.79 Å². The molecule has 0 saturated carbocycles. The van der Waals surface area contributed by atoms with Gasteiger partial charge in [-0.05, 0) is 35.3 Å². The van der Waals surface area contributed by atoms with E-state index in [0.717, 1.165) is 19.9 Å². The fourth-order valence-corrected chi connectivity index (χ4v) is 3.34. The predicted molar refractivity (Wildman–Crippen MR) is 76.1 cm³/mol. The first-order valence-corrected chi connectivity index (χ1v) is 7.03. The topological polar surface area (TPSA) is 50.2 Å². The van der Waals surface area contributed by atoms with E-state index in [1.54, 1.807) is 0 Å². The van der Waals surface area contributed by atoms with E-state index in [2.05, 4.69) is 27.0 Å². The largest absolute Gasteiger partial charge is 0.481 e. The number of carboxylic acid groups (broad SMARTS) is 1. The highest BCUT2D eigenvalue weighted by Crippen LogP contribution is 2.34. The van der Waals surface area contributed by atoms with Crippen LogP contribution in [0.15, 0.2) is 22.0 Å². The van der Waals surface area contributed by atoms with Crippen LogP contribution in [0, 0.1) is 13.8 Å². The van der Waals surface area contributed by atoms with Crippen molar-refractivity contribution in [2.75, 3.05) is 0 Å². The minimum Gasteiger partial charge on any atom is -0.481 e. The van der Waals surface area contributed by atoms with E-state index in [1.165, 1.54) is 16.9 Å². The Morgan fingerprint density at radius 2 is 2.17 bits per heavy atom. The van der Waals surface area contributed by atoms with Crippen LogP contribution in [0.1, 0.15) is 16.8 Å². The number of halogens is 1. The molecule has 3 nitrogen and oxygen atoms in total. The number of nitrogens with zero attached hydrogens (tertiary/aromatic N) is 1. The van der Waals surface area contributed by atoms with Crippen LogP contribution in [0.4, 0.5) is 0 Å². The number of carbonyl (C=O) groups is 1. The van der Waals surface area contributed by atoms with Gasteiger partial charge in [-0.25, -0.2) is 4.98 Å². The molecule has 18 heavy (non-hydrogen) atoms. The third-order valence-electron chi connectivity index (χ3n) is 2.58. The Labute approximate surface area is 118 Å². The summed E-state index contributed by atoms with van der Waals surface area (Å²) in [5.41, 5.74) is 4.00. The molecule has 1 heterocycles. The molecule has 0 aliphatic carbocycles. The second-order valence-corrected chi connectivity index (χ2v) is 6.45. The lowest BCUT2D eigenvalue weighted by molar-refractivity contribution is -0.136. The zero-order valence-corrected chi connectivity index (χ0v) is 12.4. The highest BCUT2D eigenvalue weighted by molar-refractivity contribution is 9.11. The molecule has 1 aromatic carbocycles. The van der Waals surface area contributed by atoms with Crippen molar-refractivity contribution in [1.29, 1.82) is 0 Å². The molecule has 2 rings (SSSR count). The van der Waals surface area contributed by atoms with Crippen LogP contribution in [-0.2, 0) is 11.2 Å². The number of carboxylic acids is 1. The van der Waals surface area contributed by atoms with Crippen LogP contribution in [0.3, 0.4) is 0 Å². The highest BCUT2D eigenvalue weighted by atomic mass is 79.9. The molecule has 0 fully saturated rings. The van der Waals surface area contributed by atoms with Crippen LogP contribution >= 0.6 is 27.3 Å². The summed E-state index contributed by atoms with van der Waals surface area (Å²) in [6.45, 7) is 4.08. The number of benzene rings is 1. The summed E-state index contributed by atoms with van der Waals surface area (Å²) in [4.78, 5) is 15.1. The molecule has 0 aliphatic heterocycles. The van der Waals surface area contributed by atoms with Crippen molar-refractivity contribution in [2.24, 2.45) is 0 Å². The van der Waals surface area contributed by atoms with Crippen molar-refractivity contribution in [2.45, 2.75) is 20.3 Å². The first kappa shape index (κ1) is 13.2. The first-order chi connectivity index (χ1) is 8.47. The summed E-state index contributed by atoms with van der Waals surface area (Å²) in [6.07, 6.45) is -0.0536. The Morgan fingerprint density at radius 3 is 2.78 bits per heavy atom. The normalized spacial score (nSPS) is 10.6. The average molecular weight is 326 g/mol. The predicted octanol–water partition coefficient (Wildman–Crippen LogP) is 3.82. The van der Waals surface area contributed by atoms with Crippen molar-refractivity contribution < 1.29 is 9.90 Å². The molecule has 5 heteroatoms. The summed E-state index contributed by atoms with van der Waals surface area (Å²) in [7, 11) is 0. The fourth-order valence-electron chi connectivity index (χ4n) is 1.75. The van der Waals surface area contributed by atoms with E-state index in [0.29, 0.717) is 5.69 Å². The van der Waals surface area contributed by atoms with Crippen molar-refractivity contribution >= 4 is 33.2 Å². The van der Waals surface area contributed by atoms with Crippen molar-refractivity contribution in [3.8, 4) is 10.6 Å². The quantitative estimate of drug-likeness (QED) is 0.933. The minimum atomic E-state index is -0.867. The third kappa shape index (κ3) is 2.79. The summed E-state index contributed by atoms with van der Waals surface area (Å²) in [6, 6.07) is 6.16. The van der Waals surface area contributed by atoms with Gasteiger partial charge in [0.1, 0.15) is 5.01 Å². The van der Waals surface area contributed by atoms with E-state index in [4.69, 9.17) is 5.11 Å². The van der Waals surface area contributed by atoms with Crippen LogP contribution in [0.5, 0.6) is 0 Å². The number of aromatic nitrogens is 1. The maximum Gasteiger partial charge on any atom is 0.309 e. The fraction of sp³-hybridized carbons (Fsp3) is 0.231. The van der Waals surface area contributed by atoms with Gasteiger partial charge >= 0.3 is 5.97 Å². The smallest absolute Gasteiger partial charge is 0.309 e. The van der Waals surface area contributed by atoms with Crippen LogP contribution in [0.2, 0.25) is 0 Å². The van der Waals surface area contributed by atoms with Crippen LogP contribution in [0.25, 0.3) is 10.6 Å². The molecule has 0 aliphatic rings. The van der Waals surface area contributed by atoms with E-state index < -0.39 is 5.97 Å². The van der Waals surface area contributed by atoms with Crippen LogP contribution in [-0.4, -0.2) is 16.1 Å². The molecular weight excluding hydrogens is 314 g/mol. The van der Waals surface area contributed by atoms with Crippen molar-refractivity contribution in [3.63, 3.8) is 0 Å². The number of aryl methyl sites for hydroxylation is 2. The summed E-state index contributed by atoms with van der Waals surface area (Å²) in [5, 5.41) is 9.66. The number of thiazole rings is 1. The Morgan fingerprint density at radius 1 is 1.44 bits per heavy atom. The molecule has 0 saturated heterocycles. The standard InChI is InChI=1S/C13H12BrNO2S/c1-7-3-4-9(8(2)5-7)13-15-10(6-11(16)17)12(14)18-13/h3-5H,6H2,1-2H3,(H,16,17). The molecule has 0 spiro atoms. The van der Waals surface area contributed by atoms with Gasteiger partial charge in [0.2, 0.25) is 0 Å². The van der Waals surface area contributed by atoms with Crippen molar-refractivity contribution in [3.05, 3.63) is 38.8 Å². The number of hydrogen-bond acceptors (Lipinski definition) is 3. The zero-order valence-electron chi connectivity index (χ0n) is 10.0. The van der Waals surface area contributed by atoms with Gasteiger partial charge in [-0.3, -0.25) is 4.79 Å². The minimum absolute atomic E-state index is 0.0536. The lowest BCUT2D eigenvalue weighted by Gasteiger charge is -2.02. The second-order valence-electron chi connectivity index (χ2n) is 4.13.